The molecule has 0 aliphatic carbocycles. The summed E-state index contributed by atoms with van der Waals surface area (Å²) in [6.07, 6.45) is -1.19. The van der Waals surface area contributed by atoms with Crippen molar-refractivity contribution in [2.75, 3.05) is 11.9 Å². The highest BCUT2D eigenvalue weighted by Gasteiger charge is 2.21. The Kier molecular flexibility index (Phi) is 6.80. The lowest BCUT2D eigenvalue weighted by molar-refractivity contribution is -0.383. The molecule has 2 aromatic carbocycles. The summed E-state index contributed by atoms with van der Waals surface area (Å²) in [5, 5.41) is 13.3. The number of nitro benzene ring substituents is 1. The number of amides is 1. The highest BCUT2D eigenvalue weighted by molar-refractivity contribution is 5.97. The lowest BCUT2D eigenvalue weighted by Crippen LogP contribution is -2.31. The molecule has 0 aliphatic rings. The molecule has 1 amide bonds. The van der Waals surface area contributed by atoms with E-state index in [2.05, 4.69) is 5.32 Å². The third-order valence-electron chi connectivity index (χ3n) is 3.63. The summed E-state index contributed by atoms with van der Waals surface area (Å²) in [7, 11) is 0. The van der Waals surface area contributed by atoms with Gasteiger partial charge in [0.2, 0.25) is 0 Å². The molecule has 146 valence electrons. The first-order chi connectivity index (χ1) is 13.3. The molecule has 0 fully saturated rings. The first kappa shape index (κ1) is 20.6. The standard InChI is InChI=1S/C19H18N2O7/c1-12(22)14-6-5-7-15(10-14)27-11-18(23)28-13(2)19(24)20-16-8-3-4-9-17(16)21(25)26/h3-10,13H,11H2,1-2H3,(H,20,24)/t13-/m0/s1. The fourth-order valence-electron chi connectivity index (χ4n) is 2.20. The Bertz CT molecular complexity index is 911. The van der Waals surface area contributed by atoms with Crippen molar-refractivity contribution in [2.45, 2.75) is 20.0 Å². The van der Waals surface area contributed by atoms with Crippen LogP contribution >= 0.6 is 0 Å². The number of nitrogens with one attached hydrogen (secondary N) is 1. The van der Waals surface area contributed by atoms with E-state index >= 15 is 0 Å². The third kappa shape index (κ3) is 5.63. The first-order valence-electron chi connectivity index (χ1n) is 8.25. The zero-order valence-electron chi connectivity index (χ0n) is 15.2. The van der Waals surface area contributed by atoms with Crippen LogP contribution in [0, 0.1) is 10.1 Å². The molecule has 0 aromatic heterocycles. The van der Waals surface area contributed by atoms with E-state index in [-0.39, 0.29) is 17.2 Å². The second kappa shape index (κ2) is 9.26. The van der Waals surface area contributed by atoms with Gasteiger partial charge in [-0.1, -0.05) is 24.3 Å². The van der Waals surface area contributed by atoms with Crippen LogP contribution in [0.2, 0.25) is 0 Å². The Hall–Kier alpha value is -3.75. The number of benzene rings is 2. The summed E-state index contributed by atoms with van der Waals surface area (Å²) >= 11 is 0. The molecule has 2 aromatic rings. The van der Waals surface area contributed by atoms with Gasteiger partial charge in [-0.3, -0.25) is 19.7 Å². The molecule has 9 heteroatoms. The fraction of sp³-hybridized carbons (Fsp3) is 0.211. The number of ketones is 1. The van der Waals surface area contributed by atoms with Crippen molar-refractivity contribution in [1.29, 1.82) is 0 Å². The van der Waals surface area contributed by atoms with E-state index in [0.29, 0.717) is 11.3 Å². The SMILES string of the molecule is CC(=O)c1cccc(OCC(=O)O[C@@H](C)C(=O)Nc2ccccc2[N+](=O)[O-])c1. The fourth-order valence-corrected chi connectivity index (χ4v) is 2.20. The number of anilines is 1. The largest absolute Gasteiger partial charge is 0.482 e. The molecular formula is C19H18N2O7. The molecular weight excluding hydrogens is 368 g/mol. The molecule has 2 rings (SSSR count). The number of carbonyl (C=O) groups is 3. The number of nitrogens with zero attached hydrogens (tertiary/aromatic N) is 1. The van der Waals surface area contributed by atoms with E-state index in [1.807, 2.05) is 0 Å². The van der Waals surface area contributed by atoms with Crippen LogP contribution in [0.15, 0.2) is 48.5 Å². The van der Waals surface area contributed by atoms with Crippen LogP contribution in [-0.2, 0) is 14.3 Å². The molecule has 0 aliphatic heterocycles. The zero-order chi connectivity index (χ0) is 20.7. The Morgan fingerprint density at radius 1 is 1.14 bits per heavy atom. The minimum atomic E-state index is -1.19. The second-order valence-corrected chi connectivity index (χ2v) is 5.77. The molecule has 1 atom stereocenters. The van der Waals surface area contributed by atoms with Crippen LogP contribution in [0.5, 0.6) is 5.75 Å². The Morgan fingerprint density at radius 2 is 1.86 bits per heavy atom. The van der Waals surface area contributed by atoms with Gasteiger partial charge in [0.15, 0.2) is 18.5 Å². The van der Waals surface area contributed by atoms with Gasteiger partial charge in [-0.2, -0.15) is 0 Å². The van der Waals surface area contributed by atoms with Crippen molar-refractivity contribution in [3.63, 3.8) is 0 Å². The van der Waals surface area contributed by atoms with Crippen molar-refractivity contribution < 1.29 is 28.8 Å². The number of ether oxygens (including phenoxy) is 2. The topological polar surface area (TPSA) is 125 Å². The van der Waals surface area contributed by atoms with E-state index in [9.17, 15) is 24.5 Å². The van der Waals surface area contributed by atoms with Crippen LogP contribution in [0.1, 0.15) is 24.2 Å². The Labute approximate surface area is 160 Å². The molecule has 0 saturated heterocycles. The average Bonchev–Trinajstić information content (AvgIpc) is 2.66. The number of rotatable bonds is 8. The average molecular weight is 386 g/mol. The van der Waals surface area contributed by atoms with Gasteiger partial charge in [0.25, 0.3) is 11.6 Å². The Morgan fingerprint density at radius 3 is 2.54 bits per heavy atom. The minimum absolute atomic E-state index is 0.00213. The molecule has 0 bridgehead atoms. The van der Waals surface area contributed by atoms with Gasteiger partial charge in [0, 0.05) is 11.6 Å². The van der Waals surface area contributed by atoms with Gasteiger partial charge in [0.1, 0.15) is 11.4 Å². The molecule has 0 heterocycles. The van der Waals surface area contributed by atoms with Crippen molar-refractivity contribution in [3.05, 3.63) is 64.2 Å². The van der Waals surface area contributed by atoms with E-state index in [0.717, 1.165) is 0 Å². The van der Waals surface area contributed by atoms with Gasteiger partial charge in [-0.15, -0.1) is 0 Å². The van der Waals surface area contributed by atoms with Gasteiger partial charge in [0.05, 0.1) is 4.92 Å². The lowest BCUT2D eigenvalue weighted by atomic mass is 10.1. The smallest absolute Gasteiger partial charge is 0.344 e. The molecule has 1 N–H and O–H groups in total. The van der Waals surface area contributed by atoms with E-state index in [4.69, 9.17) is 9.47 Å². The quantitative estimate of drug-likeness (QED) is 0.320. The van der Waals surface area contributed by atoms with Crippen LogP contribution in [-0.4, -0.2) is 35.3 Å². The van der Waals surface area contributed by atoms with E-state index in [1.165, 1.54) is 44.2 Å². The van der Waals surface area contributed by atoms with Crippen molar-refractivity contribution in [3.8, 4) is 5.75 Å². The third-order valence-corrected chi connectivity index (χ3v) is 3.63. The zero-order valence-corrected chi connectivity index (χ0v) is 15.2. The van der Waals surface area contributed by atoms with Crippen molar-refractivity contribution in [1.82, 2.24) is 0 Å². The van der Waals surface area contributed by atoms with Crippen molar-refractivity contribution in [2.24, 2.45) is 0 Å². The maximum Gasteiger partial charge on any atom is 0.344 e. The van der Waals surface area contributed by atoms with E-state index in [1.54, 1.807) is 18.2 Å². The van der Waals surface area contributed by atoms with E-state index < -0.39 is 29.5 Å². The Balaban J connectivity index is 1.90. The van der Waals surface area contributed by atoms with Crippen LogP contribution in [0.3, 0.4) is 0 Å². The van der Waals surface area contributed by atoms with Gasteiger partial charge in [-0.05, 0) is 32.0 Å². The van der Waals surface area contributed by atoms with Crippen LogP contribution < -0.4 is 10.1 Å². The normalized spacial score (nSPS) is 11.2. The maximum atomic E-state index is 12.1. The summed E-state index contributed by atoms with van der Waals surface area (Å²) in [4.78, 5) is 45.7. The number of para-hydroxylation sites is 2. The summed E-state index contributed by atoms with van der Waals surface area (Å²) < 4.78 is 10.2. The summed E-state index contributed by atoms with van der Waals surface area (Å²) in [6.45, 7) is 2.27. The first-order valence-corrected chi connectivity index (χ1v) is 8.25. The highest BCUT2D eigenvalue weighted by atomic mass is 16.6. The molecule has 9 nitrogen and oxygen atoms in total. The lowest BCUT2D eigenvalue weighted by Gasteiger charge is -2.14. The molecule has 0 spiro atoms. The minimum Gasteiger partial charge on any atom is -0.482 e. The number of hydrogen-bond donors (Lipinski definition) is 1. The monoisotopic (exact) mass is 386 g/mol. The second-order valence-electron chi connectivity index (χ2n) is 5.77. The molecule has 28 heavy (non-hydrogen) atoms. The maximum absolute atomic E-state index is 12.1. The summed E-state index contributed by atoms with van der Waals surface area (Å²) in [5.74, 6) is -1.37. The number of carbonyl (C=O) groups excluding carboxylic acids is 3. The molecule has 0 saturated carbocycles. The number of nitro groups is 1. The van der Waals surface area contributed by atoms with Crippen LogP contribution in [0.25, 0.3) is 0 Å². The predicted molar refractivity (Wildman–Crippen MR) is 99.2 cm³/mol. The molecule has 0 unspecified atom stereocenters. The van der Waals surface area contributed by atoms with Crippen molar-refractivity contribution >= 4 is 29.0 Å². The number of hydrogen-bond acceptors (Lipinski definition) is 7. The highest BCUT2D eigenvalue weighted by Crippen LogP contribution is 2.23. The van der Waals surface area contributed by atoms with Gasteiger partial charge >= 0.3 is 5.97 Å². The summed E-state index contributed by atoms with van der Waals surface area (Å²) in [5.41, 5.74) is 0.156. The van der Waals surface area contributed by atoms with Gasteiger partial charge in [-0.25, -0.2) is 4.79 Å². The van der Waals surface area contributed by atoms with Crippen LogP contribution in [0.4, 0.5) is 11.4 Å². The van der Waals surface area contributed by atoms with Gasteiger partial charge < -0.3 is 14.8 Å². The summed E-state index contributed by atoms with van der Waals surface area (Å²) in [6, 6.07) is 11.9. The molecule has 0 radical (unpaired) electrons. The number of Topliss-reactive ketones (excluding diaryl/α,β-unsaturated/α-hetero) is 1. The number of esters is 1. The predicted octanol–water partition coefficient (Wildman–Crippen LogP) is 2.75.